The molecule has 0 spiro atoms. The molecule has 1 rings (SSSR count). The van der Waals surface area contributed by atoms with Crippen LogP contribution in [0, 0.1) is 0 Å². The van der Waals surface area contributed by atoms with Crippen LogP contribution in [-0.4, -0.2) is 23.1 Å². The Kier molecular flexibility index (Phi) is 7.43. The average Bonchev–Trinajstić information content (AvgIpc) is 2.43. The average molecular weight is 307 g/mol. The van der Waals surface area contributed by atoms with Crippen molar-refractivity contribution in [2.24, 2.45) is 0 Å². The first-order chi connectivity index (χ1) is 10.4. The summed E-state index contributed by atoms with van der Waals surface area (Å²) in [5.41, 5.74) is 0.314. The van der Waals surface area contributed by atoms with Gasteiger partial charge in [-0.1, -0.05) is 26.2 Å². The molecule has 1 atom stereocenters. The summed E-state index contributed by atoms with van der Waals surface area (Å²) in [6.07, 6.45) is 5.74. The minimum absolute atomic E-state index is 0.0534. The van der Waals surface area contributed by atoms with E-state index in [1.54, 1.807) is 12.1 Å². The van der Waals surface area contributed by atoms with Crippen molar-refractivity contribution in [2.75, 3.05) is 5.32 Å². The highest BCUT2D eigenvalue weighted by Gasteiger charge is 2.13. The molecule has 5 nitrogen and oxygen atoms in total. The van der Waals surface area contributed by atoms with Gasteiger partial charge < -0.3 is 15.2 Å². The highest BCUT2D eigenvalue weighted by atomic mass is 16.5. The standard InChI is InChI=1S/C17H25NO4/c1-4-5-6-7-8-12(2)22-14-9-10-15(17(20)21)16(11-14)18-13(3)19/h9-12H,4-8H2,1-3H3,(H,18,19)(H,20,21). The lowest BCUT2D eigenvalue weighted by atomic mass is 10.1. The van der Waals surface area contributed by atoms with Gasteiger partial charge in [-0.15, -0.1) is 0 Å². The summed E-state index contributed by atoms with van der Waals surface area (Å²) in [5.74, 6) is -0.827. The number of nitrogens with one attached hydrogen (secondary N) is 1. The zero-order valence-electron chi connectivity index (χ0n) is 13.5. The molecule has 1 amide bonds. The van der Waals surface area contributed by atoms with Gasteiger partial charge in [-0.3, -0.25) is 4.79 Å². The number of aromatic carboxylic acids is 1. The molecule has 1 unspecified atom stereocenters. The summed E-state index contributed by atoms with van der Waals surface area (Å²) in [4.78, 5) is 22.3. The lowest BCUT2D eigenvalue weighted by molar-refractivity contribution is -0.114. The predicted octanol–water partition coefficient (Wildman–Crippen LogP) is 4.08. The van der Waals surface area contributed by atoms with Crippen LogP contribution in [0.5, 0.6) is 5.75 Å². The van der Waals surface area contributed by atoms with Crippen molar-refractivity contribution in [3.63, 3.8) is 0 Å². The third kappa shape index (κ3) is 6.16. The fraction of sp³-hybridized carbons (Fsp3) is 0.529. The van der Waals surface area contributed by atoms with Crippen LogP contribution in [0.15, 0.2) is 18.2 Å². The Morgan fingerprint density at radius 1 is 1.27 bits per heavy atom. The number of unbranched alkanes of at least 4 members (excludes halogenated alkanes) is 3. The molecule has 5 heteroatoms. The Bertz CT molecular complexity index is 513. The number of rotatable bonds is 9. The molecule has 0 heterocycles. The monoisotopic (exact) mass is 307 g/mol. The topological polar surface area (TPSA) is 75.6 Å². The van der Waals surface area contributed by atoms with Crippen LogP contribution in [0.4, 0.5) is 5.69 Å². The van der Waals surface area contributed by atoms with E-state index in [1.807, 2.05) is 6.92 Å². The van der Waals surface area contributed by atoms with Crippen LogP contribution in [0.3, 0.4) is 0 Å². The Labute approximate surface area is 131 Å². The first-order valence-corrected chi connectivity index (χ1v) is 7.75. The summed E-state index contributed by atoms with van der Waals surface area (Å²) >= 11 is 0. The normalized spacial score (nSPS) is 11.8. The maximum absolute atomic E-state index is 11.2. The van der Waals surface area contributed by atoms with E-state index in [0.29, 0.717) is 5.75 Å². The molecule has 0 aromatic heterocycles. The number of hydrogen-bond donors (Lipinski definition) is 2. The van der Waals surface area contributed by atoms with Crippen LogP contribution in [0.2, 0.25) is 0 Å². The molecule has 0 radical (unpaired) electrons. The first-order valence-electron chi connectivity index (χ1n) is 7.75. The number of amides is 1. The zero-order chi connectivity index (χ0) is 16.5. The van der Waals surface area contributed by atoms with Crippen LogP contribution < -0.4 is 10.1 Å². The van der Waals surface area contributed by atoms with Crippen LogP contribution in [-0.2, 0) is 4.79 Å². The van der Waals surface area contributed by atoms with E-state index in [-0.39, 0.29) is 23.3 Å². The zero-order valence-corrected chi connectivity index (χ0v) is 13.5. The van der Waals surface area contributed by atoms with Crippen LogP contribution >= 0.6 is 0 Å². The predicted molar refractivity (Wildman–Crippen MR) is 86.6 cm³/mol. The van der Waals surface area contributed by atoms with Gasteiger partial charge >= 0.3 is 5.97 Å². The van der Waals surface area contributed by atoms with Crippen molar-refractivity contribution in [1.29, 1.82) is 0 Å². The number of benzene rings is 1. The molecule has 1 aromatic rings. The van der Waals surface area contributed by atoms with Crippen molar-refractivity contribution in [3.05, 3.63) is 23.8 Å². The van der Waals surface area contributed by atoms with Gasteiger partial charge in [-0.05, 0) is 31.9 Å². The number of carbonyl (C=O) groups is 2. The third-order valence-electron chi connectivity index (χ3n) is 3.33. The molecule has 2 N–H and O–H groups in total. The highest BCUT2D eigenvalue weighted by Crippen LogP contribution is 2.24. The molecular formula is C17H25NO4. The van der Waals surface area contributed by atoms with E-state index in [9.17, 15) is 9.59 Å². The molecule has 0 aliphatic carbocycles. The first kappa shape index (κ1) is 18.0. The SMILES string of the molecule is CCCCCCC(C)Oc1ccc(C(=O)O)c(NC(C)=O)c1. The van der Waals surface area contributed by atoms with Gasteiger partial charge in [0.15, 0.2) is 0 Å². The maximum atomic E-state index is 11.2. The van der Waals surface area contributed by atoms with Gasteiger partial charge in [-0.2, -0.15) is 0 Å². The molecule has 0 aliphatic heterocycles. The number of carboxylic acid groups (broad SMARTS) is 1. The van der Waals surface area contributed by atoms with Crippen LogP contribution in [0.1, 0.15) is 63.2 Å². The Balaban J connectivity index is 2.70. The minimum Gasteiger partial charge on any atom is -0.491 e. The number of ether oxygens (including phenoxy) is 1. The molecule has 0 saturated heterocycles. The summed E-state index contributed by atoms with van der Waals surface area (Å²) in [7, 11) is 0. The fourth-order valence-electron chi connectivity index (χ4n) is 2.23. The Hall–Kier alpha value is -2.04. The lowest BCUT2D eigenvalue weighted by Gasteiger charge is -2.16. The Morgan fingerprint density at radius 3 is 2.59 bits per heavy atom. The quantitative estimate of drug-likeness (QED) is 0.674. The van der Waals surface area contributed by atoms with E-state index in [1.165, 1.54) is 32.3 Å². The number of anilines is 1. The second-order valence-corrected chi connectivity index (χ2v) is 5.47. The summed E-state index contributed by atoms with van der Waals surface area (Å²) in [6.45, 7) is 5.51. The third-order valence-corrected chi connectivity index (χ3v) is 3.33. The summed E-state index contributed by atoms with van der Waals surface area (Å²) in [5, 5.41) is 11.7. The van der Waals surface area contributed by atoms with Crippen molar-refractivity contribution in [2.45, 2.75) is 59.0 Å². The lowest BCUT2D eigenvalue weighted by Crippen LogP contribution is -2.14. The van der Waals surface area contributed by atoms with Crippen molar-refractivity contribution in [1.82, 2.24) is 0 Å². The van der Waals surface area contributed by atoms with Crippen molar-refractivity contribution < 1.29 is 19.4 Å². The summed E-state index contributed by atoms with van der Waals surface area (Å²) in [6, 6.07) is 4.64. The molecule has 22 heavy (non-hydrogen) atoms. The number of carbonyl (C=O) groups excluding carboxylic acids is 1. The highest BCUT2D eigenvalue weighted by molar-refractivity contribution is 6.00. The largest absolute Gasteiger partial charge is 0.491 e. The minimum atomic E-state index is -1.08. The molecule has 0 bridgehead atoms. The molecular weight excluding hydrogens is 282 g/mol. The van der Waals surface area contributed by atoms with Gasteiger partial charge in [-0.25, -0.2) is 4.79 Å². The molecule has 1 aromatic carbocycles. The summed E-state index contributed by atoms with van der Waals surface area (Å²) < 4.78 is 5.81. The van der Waals surface area contributed by atoms with Crippen molar-refractivity contribution in [3.8, 4) is 5.75 Å². The fourth-order valence-corrected chi connectivity index (χ4v) is 2.23. The van der Waals surface area contributed by atoms with Gasteiger partial charge in [0.25, 0.3) is 0 Å². The van der Waals surface area contributed by atoms with Crippen LogP contribution in [0.25, 0.3) is 0 Å². The Morgan fingerprint density at radius 2 is 2.00 bits per heavy atom. The van der Waals surface area contributed by atoms with E-state index in [0.717, 1.165) is 12.8 Å². The molecule has 0 aliphatic rings. The molecule has 0 saturated carbocycles. The van der Waals surface area contributed by atoms with Gasteiger partial charge in [0.1, 0.15) is 5.75 Å². The van der Waals surface area contributed by atoms with Gasteiger partial charge in [0.05, 0.1) is 17.4 Å². The van der Waals surface area contributed by atoms with E-state index < -0.39 is 5.97 Å². The van der Waals surface area contributed by atoms with E-state index in [2.05, 4.69) is 12.2 Å². The van der Waals surface area contributed by atoms with E-state index >= 15 is 0 Å². The smallest absolute Gasteiger partial charge is 0.337 e. The second kappa shape index (κ2) is 9.07. The molecule has 0 fully saturated rings. The number of carboxylic acids is 1. The van der Waals surface area contributed by atoms with Gasteiger partial charge in [0.2, 0.25) is 5.91 Å². The second-order valence-electron chi connectivity index (χ2n) is 5.47. The van der Waals surface area contributed by atoms with Crippen molar-refractivity contribution >= 4 is 17.6 Å². The maximum Gasteiger partial charge on any atom is 0.337 e. The van der Waals surface area contributed by atoms with Gasteiger partial charge in [0, 0.05) is 13.0 Å². The number of hydrogen-bond acceptors (Lipinski definition) is 3. The van der Waals surface area contributed by atoms with E-state index in [4.69, 9.17) is 9.84 Å². The molecule has 122 valence electrons.